The zero-order chi connectivity index (χ0) is 16.2. The van der Waals surface area contributed by atoms with Crippen LogP contribution in [-0.2, 0) is 11.2 Å². The molecule has 1 aromatic carbocycles. The fourth-order valence-electron chi connectivity index (χ4n) is 2.81. The normalized spacial score (nSPS) is 21.1. The lowest BCUT2D eigenvalue weighted by Crippen LogP contribution is -2.52. The molecular weight excluding hydrogens is 313 g/mol. The molecule has 0 saturated carbocycles. The highest BCUT2D eigenvalue weighted by molar-refractivity contribution is 7.13. The summed E-state index contributed by atoms with van der Waals surface area (Å²) in [6.45, 7) is 3.10. The van der Waals surface area contributed by atoms with Gasteiger partial charge in [0.25, 0.3) is 0 Å². The number of halogens is 1. The third kappa shape index (κ3) is 4.14. The molecule has 2 N–H and O–H groups in total. The summed E-state index contributed by atoms with van der Waals surface area (Å²) in [6.07, 6.45) is 2.34. The maximum absolute atomic E-state index is 13.3. The third-order valence-electron chi connectivity index (χ3n) is 4.07. The van der Waals surface area contributed by atoms with Crippen LogP contribution < -0.4 is 10.6 Å². The van der Waals surface area contributed by atoms with Crippen molar-refractivity contribution in [3.63, 3.8) is 0 Å². The van der Waals surface area contributed by atoms with E-state index in [0.717, 1.165) is 35.7 Å². The van der Waals surface area contributed by atoms with E-state index in [0.29, 0.717) is 6.04 Å². The average molecular weight is 333 g/mol. The Morgan fingerprint density at radius 3 is 3.17 bits per heavy atom. The molecule has 3 rings (SSSR count). The van der Waals surface area contributed by atoms with Gasteiger partial charge in [-0.15, -0.1) is 11.3 Å². The van der Waals surface area contributed by atoms with E-state index in [1.165, 1.54) is 23.5 Å². The van der Waals surface area contributed by atoms with Gasteiger partial charge in [0.05, 0.1) is 12.1 Å². The molecule has 6 heteroatoms. The monoisotopic (exact) mass is 333 g/mol. The van der Waals surface area contributed by atoms with Crippen LogP contribution in [0.3, 0.4) is 0 Å². The summed E-state index contributed by atoms with van der Waals surface area (Å²) in [5, 5.41) is 9.05. The highest BCUT2D eigenvalue weighted by atomic mass is 32.1. The topological polar surface area (TPSA) is 54.0 Å². The Bertz CT molecular complexity index is 688. The molecule has 0 spiro atoms. The predicted molar refractivity (Wildman–Crippen MR) is 89.8 cm³/mol. The first-order valence-electron chi connectivity index (χ1n) is 7.85. The lowest BCUT2D eigenvalue weighted by molar-refractivity contribution is -0.121. The zero-order valence-corrected chi connectivity index (χ0v) is 13.8. The number of nitrogens with one attached hydrogen (secondary N) is 2. The first-order chi connectivity index (χ1) is 11.1. The summed E-state index contributed by atoms with van der Waals surface area (Å²) >= 11 is 1.43. The molecule has 0 radical (unpaired) electrons. The first-order valence-corrected chi connectivity index (χ1v) is 8.73. The first kappa shape index (κ1) is 16.1. The fourth-order valence-corrected chi connectivity index (χ4v) is 3.62. The minimum Gasteiger partial charge on any atom is -0.351 e. The maximum atomic E-state index is 13.3. The van der Waals surface area contributed by atoms with Gasteiger partial charge in [-0.05, 0) is 38.4 Å². The van der Waals surface area contributed by atoms with Gasteiger partial charge in [0.1, 0.15) is 10.8 Å². The van der Waals surface area contributed by atoms with E-state index in [1.807, 2.05) is 11.4 Å². The quantitative estimate of drug-likeness (QED) is 0.905. The van der Waals surface area contributed by atoms with Crippen molar-refractivity contribution in [2.45, 2.75) is 38.3 Å². The van der Waals surface area contributed by atoms with Crippen LogP contribution in [0, 0.1) is 5.82 Å². The van der Waals surface area contributed by atoms with Crippen LogP contribution in [0.4, 0.5) is 4.39 Å². The summed E-state index contributed by atoms with van der Waals surface area (Å²) in [7, 11) is 0. The number of aromatic nitrogens is 1. The highest BCUT2D eigenvalue weighted by Crippen LogP contribution is 2.24. The maximum Gasteiger partial charge on any atom is 0.226 e. The van der Waals surface area contributed by atoms with Crippen LogP contribution in [0.25, 0.3) is 10.6 Å². The molecule has 1 aliphatic rings. The molecule has 1 aliphatic heterocycles. The lowest BCUT2D eigenvalue weighted by Gasteiger charge is -2.30. The van der Waals surface area contributed by atoms with Crippen LogP contribution in [0.5, 0.6) is 0 Å². The Morgan fingerprint density at radius 1 is 1.52 bits per heavy atom. The molecule has 2 unspecified atom stereocenters. The predicted octanol–water partition coefficient (Wildman–Crippen LogP) is 2.75. The van der Waals surface area contributed by atoms with Crippen molar-refractivity contribution >= 4 is 17.2 Å². The zero-order valence-electron chi connectivity index (χ0n) is 13.0. The van der Waals surface area contributed by atoms with E-state index in [9.17, 15) is 9.18 Å². The molecule has 0 bridgehead atoms. The van der Waals surface area contributed by atoms with Crippen molar-refractivity contribution in [2.75, 3.05) is 6.54 Å². The number of amides is 1. The van der Waals surface area contributed by atoms with Gasteiger partial charge in [-0.25, -0.2) is 9.37 Å². The van der Waals surface area contributed by atoms with Crippen molar-refractivity contribution in [3.8, 4) is 10.6 Å². The van der Waals surface area contributed by atoms with Crippen molar-refractivity contribution in [1.29, 1.82) is 0 Å². The van der Waals surface area contributed by atoms with Crippen LogP contribution in [0.2, 0.25) is 0 Å². The molecule has 1 aromatic heterocycles. The number of benzene rings is 1. The molecule has 1 amide bonds. The Hall–Kier alpha value is -1.79. The number of piperidine rings is 1. The molecule has 4 nitrogen and oxygen atoms in total. The number of thiazole rings is 1. The van der Waals surface area contributed by atoms with E-state index in [2.05, 4.69) is 22.5 Å². The van der Waals surface area contributed by atoms with Gasteiger partial charge in [0.2, 0.25) is 5.91 Å². The molecule has 122 valence electrons. The lowest BCUT2D eigenvalue weighted by atomic mass is 10.00. The second-order valence-corrected chi connectivity index (χ2v) is 6.75. The minimum absolute atomic E-state index is 0.0124. The molecule has 2 heterocycles. The number of hydrogen-bond acceptors (Lipinski definition) is 4. The summed E-state index contributed by atoms with van der Waals surface area (Å²) in [5.41, 5.74) is 1.47. The SMILES string of the molecule is CC1NCCCC1NC(=O)Cc1csc(-c2cccc(F)c2)n1. The van der Waals surface area contributed by atoms with Crippen molar-refractivity contribution in [3.05, 3.63) is 41.2 Å². The summed E-state index contributed by atoms with van der Waals surface area (Å²) in [4.78, 5) is 16.6. The standard InChI is InChI=1S/C17H20FN3OS/c1-11-15(6-3-7-19-11)21-16(22)9-14-10-23-17(20-14)12-4-2-5-13(18)8-12/h2,4-5,8,10-11,15,19H,3,6-7,9H2,1H3,(H,21,22). The second kappa shape index (κ2) is 7.19. The number of carbonyl (C=O) groups excluding carboxylic acids is 1. The Labute approximate surface area is 139 Å². The Kier molecular flexibility index (Phi) is 5.03. The van der Waals surface area contributed by atoms with Gasteiger partial charge in [-0.1, -0.05) is 12.1 Å². The van der Waals surface area contributed by atoms with E-state index in [4.69, 9.17) is 0 Å². The molecule has 2 aromatic rings. The van der Waals surface area contributed by atoms with Crippen LogP contribution >= 0.6 is 11.3 Å². The van der Waals surface area contributed by atoms with Gasteiger partial charge >= 0.3 is 0 Å². The van der Waals surface area contributed by atoms with E-state index in [-0.39, 0.29) is 24.2 Å². The van der Waals surface area contributed by atoms with Crippen molar-refractivity contribution < 1.29 is 9.18 Å². The highest BCUT2D eigenvalue weighted by Gasteiger charge is 2.22. The molecule has 1 saturated heterocycles. The van der Waals surface area contributed by atoms with Gasteiger partial charge < -0.3 is 10.6 Å². The van der Waals surface area contributed by atoms with Gasteiger partial charge in [0, 0.05) is 23.0 Å². The molecule has 0 aliphatic carbocycles. The van der Waals surface area contributed by atoms with Crippen LogP contribution in [0.15, 0.2) is 29.6 Å². The van der Waals surface area contributed by atoms with Gasteiger partial charge in [-0.2, -0.15) is 0 Å². The average Bonchev–Trinajstić information content (AvgIpc) is 2.98. The van der Waals surface area contributed by atoms with Crippen LogP contribution in [-0.4, -0.2) is 29.5 Å². The smallest absolute Gasteiger partial charge is 0.226 e. The molecule has 23 heavy (non-hydrogen) atoms. The number of rotatable bonds is 4. The van der Waals surface area contributed by atoms with Crippen molar-refractivity contribution in [1.82, 2.24) is 15.6 Å². The molecule has 2 atom stereocenters. The van der Waals surface area contributed by atoms with E-state index < -0.39 is 0 Å². The minimum atomic E-state index is -0.282. The Morgan fingerprint density at radius 2 is 2.39 bits per heavy atom. The summed E-state index contributed by atoms with van der Waals surface area (Å²) < 4.78 is 13.3. The Balaban J connectivity index is 1.61. The second-order valence-electron chi connectivity index (χ2n) is 5.89. The van der Waals surface area contributed by atoms with Crippen molar-refractivity contribution in [2.24, 2.45) is 0 Å². The molecular formula is C17H20FN3OS. The van der Waals surface area contributed by atoms with Gasteiger partial charge in [0.15, 0.2) is 0 Å². The fraction of sp³-hybridized carbons (Fsp3) is 0.412. The summed E-state index contributed by atoms with van der Waals surface area (Å²) in [6, 6.07) is 6.82. The number of carbonyl (C=O) groups is 1. The largest absolute Gasteiger partial charge is 0.351 e. The number of nitrogens with zero attached hydrogens (tertiary/aromatic N) is 1. The summed E-state index contributed by atoms with van der Waals surface area (Å²) in [5.74, 6) is -0.294. The van der Waals surface area contributed by atoms with E-state index >= 15 is 0 Å². The van der Waals surface area contributed by atoms with Gasteiger partial charge in [-0.3, -0.25) is 4.79 Å². The molecule has 1 fully saturated rings. The van der Waals surface area contributed by atoms with Crippen LogP contribution in [0.1, 0.15) is 25.5 Å². The van der Waals surface area contributed by atoms with E-state index in [1.54, 1.807) is 6.07 Å². The number of hydrogen-bond donors (Lipinski definition) is 2. The third-order valence-corrected chi connectivity index (χ3v) is 5.01.